The molecule has 4 heteroatoms. The Kier molecular flexibility index (Phi) is 3.66. The summed E-state index contributed by atoms with van der Waals surface area (Å²) in [6.45, 7) is 1.85. The Morgan fingerprint density at radius 3 is 3.00 bits per heavy atom. The lowest BCUT2D eigenvalue weighted by Crippen LogP contribution is -2.03. The predicted octanol–water partition coefficient (Wildman–Crippen LogP) is 1.83. The maximum Gasteiger partial charge on any atom is 0.355 e. The Labute approximate surface area is 90.3 Å². The Bertz CT molecular complexity index is 418. The molecule has 14 heavy (non-hydrogen) atoms. The van der Waals surface area contributed by atoms with Gasteiger partial charge in [0.1, 0.15) is 0 Å². The average Bonchev–Trinajstić information content (AvgIpc) is 2.14. The van der Waals surface area contributed by atoms with Gasteiger partial charge in [-0.1, -0.05) is 27.8 Å². The van der Waals surface area contributed by atoms with Crippen molar-refractivity contribution in [2.24, 2.45) is 0 Å². The molecule has 0 aliphatic rings. The number of carboxylic acids is 1. The number of aryl methyl sites for hydroxylation is 1. The van der Waals surface area contributed by atoms with Gasteiger partial charge in [0.2, 0.25) is 0 Å². The van der Waals surface area contributed by atoms with E-state index in [4.69, 9.17) is 5.11 Å². The number of carboxylic acid groups (broad SMARTS) is 1. The summed E-state index contributed by atoms with van der Waals surface area (Å²) < 4.78 is 0. The van der Waals surface area contributed by atoms with Gasteiger partial charge in [0.25, 0.3) is 0 Å². The molecule has 0 spiro atoms. The fourth-order valence-electron chi connectivity index (χ4n) is 0.964. The Balaban J connectivity index is 3.22. The van der Waals surface area contributed by atoms with E-state index in [1.54, 1.807) is 6.07 Å². The zero-order chi connectivity index (χ0) is 10.6. The number of nitrogens with zero attached hydrogens (tertiary/aromatic N) is 1. The molecule has 1 heterocycles. The van der Waals surface area contributed by atoms with Crippen molar-refractivity contribution < 1.29 is 9.90 Å². The minimum Gasteiger partial charge on any atom is -0.476 e. The molecule has 1 aromatic rings. The summed E-state index contributed by atoms with van der Waals surface area (Å²) >= 11 is 3.15. The molecular weight excluding hydrogens is 246 g/mol. The zero-order valence-electron chi connectivity index (χ0n) is 7.54. The number of carbonyl (C=O) groups is 1. The number of hydrogen-bond acceptors (Lipinski definition) is 2. The maximum atomic E-state index is 10.8. The van der Waals surface area contributed by atoms with Crippen molar-refractivity contribution in [1.29, 1.82) is 0 Å². The van der Waals surface area contributed by atoms with Crippen molar-refractivity contribution in [3.05, 3.63) is 29.1 Å². The lowest BCUT2D eigenvalue weighted by atomic mass is 10.1. The Morgan fingerprint density at radius 1 is 1.71 bits per heavy atom. The lowest BCUT2D eigenvalue weighted by Gasteiger charge is -1.98. The highest BCUT2D eigenvalue weighted by molar-refractivity contribution is 9.09. The van der Waals surface area contributed by atoms with Gasteiger partial charge in [-0.2, -0.15) is 0 Å². The number of rotatable bonds is 1. The summed E-state index contributed by atoms with van der Waals surface area (Å²) in [5, 5.41) is 9.33. The normalized spacial score (nSPS) is 9.00. The van der Waals surface area contributed by atoms with E-state index < -0.39 is 5.97 Å². The third kappa shape index (κ3) is 2.57. The molecule has 72 valence electrons. The molecule has 0 saturated heterocycles. The largest absolute Gasteiger partial charge is 0.476 e. The van der Waals surface area contributed by atoms with E-state index in [1.165, 1.54) is 6.20 Å². The molecule has 1 N–H and O–H groups in total. The molecular formula is C10H8BrNO2. The van der Waals surface area contributed by atoms with Gasteiger partial charge < -0.3 is 5.11 Å². The van der Waals surface area contributed by atoms with Crippen LogP contribution < -0.4 is 0 Å². The van der Waals surface area contributed by atoms with E-state index in [2.05, 4.69) is 32.8 Å². The second-order valence-corrected chi connectivity index (χ2v) is 3.21. The molecule has 0 aliphatic heterocycles. The van der Waals surface area contributed by atoms with E-state index in [9.17, 15) is 4.79 Å². The van der Waals surface area contributed by atoms with Gasteiger partial charge in [0, 0.05) is 6.20 Å². The molecule has 0 saturated carbocycles. The van der Waals surface area contributed by atoms with Crippen LogP contribution in [0.15, 0.2) is 12.3 Å². The van der Waals surface area contributed by atoms with Gasteiger partial charge in [-0.15, -0.1) is 0 Å². The lowest BCUT2D eigenvalue weighted by molar-refractivity contribution is 0.0690. The Morgan fingerprint density at radius 2 is 2.43 bits per heavy atom. The molecule has 3 nitrogen and oxygen atoms in total. The molecule has 0 bridgehead atoms. The predicted molar refractivity (Wildman–Crippen MR) is 56.6 cm³/mol. The fourth-order valence-corrected chi connectivity index (χ4v) is 1.10. The van der Waals surface area contributed by atoms with Gasteiger partial charge >= 0.3 is 5.97 Å². The van der Waals surface area contributed by atoms with Gasteiger partial charge in [-0.3, -0.25) is 0 Å². The van der Waals surface area contributed by atoms with Crippen molar-refractivity contribution in [3.63, 3.8) is 0 Å². The van der Waals surface area contributed by atoms with Crippen LogP contribution in [0, 0.1) is 18.8 Å². The third-order valence-electron chi connectivity index (χ3n) is 1.52. The van der Waals surface area contributed by atoms with E-state index in [1.807, 2.05) is 6.92 Å². The average molecular weight is 254 g/mol. The van der Waals surface area contributed by atoms with Crippen LogP contribution in [0.4, 0.5) is 0 Å². The zero-order valence-corrected chi connectivity index (χ0v) is 9.13. The fraction of sp³-hybridized carbons (Fsp3) is 0.200. The first-order valence-corrected chi connectivity index (χ1v) is 5.02. The van der Waals surface area contributed by atoms with E-state index >= 15 is 0 Å². The molecule has 0 radical (unpaired) electrons. The van der Waals surface area contributed by atoms with E-state index in [-0.39, 0.29) is 5.69 Å². The van der Waals surface area contributed by atoms with Crippen LogP contribution in [0.2, 0.25) is 0 Å². The number of aromatic nitrogens is 1. The van der Waals surface area contributed by atoms with Gasteiger partial charge in [-0.25, -0.2) is 9.78 Å². The number of hydrogen-bond donors (Lipinski definition) is 1. The SMILES string of the molecule is Cc1cnc(C(=O)O)c(C#CCBr)c1. The van der Waals surface area contributed by atoms with Crippen molar-refractivity contribution >= 4 is 21.9 Å². The number of pyridine rings is 1. The second kappa shape index (κ2) is 4.77. The molecule has 0 aliphatic carbocycles. The van der Waals surface area contributed by atoms with Crippen LogP contribution in [0.1, 0.15) is 21.6 Å². The highest BCUT2D eigenvalue weighted by atomic mass is 79.9. The molecule has 1 aromatic heterocycles. The molecule has 0 aromatic carbocycles. The summed E-state index contributed by atoms with van der Waals surface area (Å²) in [6.07, 6.45) is 1.52. The molecule has 0 fully saturated rings. The Hall–Kier alpha value is -1.34. The van der Waals surface area contributed by atoms with Crippen molar-refractivity contribution in [3.8, 4) is 11.8 Å². The van der Waals surface area contributed by atoms with Gasteiger partial charge in [0.15, 0.2) is 5.69 Å². The van der Waals surface area contributed by atoms with E-state index in [0.717, 1.165) is 5.56 Å². The first-order valence-electron chi connectivity index (χ1n) is 3.90. The maximum absolute atomic E-state index is 10.8. The highest BCUT2D eigenvalue weighted by Crippen LogP contribution is 2.07. The summed E-state index contributed by atoms with van der Waals surface area (Å²) in [6, 6.07) is 1.71. The number of aromatic carboxylic acids is 1. The first-order chi connectivity index (χ1) is 6.65. The monoisotopic (exact) mass is 253 g/mol. The van der Waals surface area contributed by atoms with Crippen LogP contribution in [-0.2, 0) is 0 Å². The molecule has 0 unspecified atom stereocenters. The van der Waals surface area contributed by atoms with Crippen LogP contribution in [0.5, 0.6) is 0 Å². The molecule has 1 rings (SSSR count). The highest BCUT2D eigenvalue weighted by Gasteiger charge is 2.09. The van der Waals surface area contributed by atoms with Gasteiger partial charge in [-0.05, 0) is 18.6 Å². The quantitative estimate of drug-likeness (QED) is 0.614. The summed E-state index contributed by atoms with van der Waals surface area (Å²) in [5.41, 5.74) is 1.36. The summed E-state index contributed by atoms with van der Waals surface area (Å²) in [5.74, 6) is 4.44. The minimum absolute atomic E-state index is 0.00375. The first kappa shape index (κ1) is 10.7. The van der Waals surface area contributed by atoms with Crippen molar-refractivity contribution in [1.82, 2.24) is 4.98 Å². The molecule has 0 amide bonds. The number of halogens is 1. The van der Waals surface area contributed by atoms with Crippen LogP contribution >= 0.6 is 15.9 Å². The number of alkyl halides is 1. The minimum atomic E-state index is -1.05. The van der Waals surface area contributed by atoms with E-state index in [0.29, 0.717) is 10.9 Å². The van der Waals surface area contributed by atoms with Crippen LogP contribution in [-0.4, -0.2) is 21.4 Å². The topological polar surface area (TPSA) is 50.2 Å². The van der Waals surface area contributed by atoms with Crippen LogP contribution in [0.25, 0.3) is 0 Å². The van der Waals surface area contributed by atoms with Crippen molar-refractivity contribution in [2.75, 3.05) is 5.33 Å². The third-order valence-corrected chi connectivity index (χ3v) is 1.80. The second-order valence-electron chi connectivity index (χ2n) is 2.65. The summed E-state index contributed by atoms with van der Waals surface area (Å²) in [4.78, 5) is 14.6. The smallest absolute Gasteiger partial charge is 0.355 e. The standard InChI is InChI=1S/C10H8BrNO2/c1-7-5-8(3-2-4-11)9(10(13)14)12-6-7/h5-6H,4H2,1H3,(H,13,14). The van der Waals surface area contributed by atoms with Gasteiger partial charge in [0.05, 0.1) is 10.9 Å². The van der Waals surface area contributed by atoms with Crippen LogP contribution in [0.3, 0.4) is 0 Å². The summed E-state index contributed by atoms with van der Waals surface area (Å²) in [7, 11) is 0. The van der Waals surface area contributed by atoms with Crippen molar-refractivity contribution in [2.45, 2.75) is 6.92 Å². The molecule has 0 atom stereocenters.